The van der Waals surface area contributed by atoms with Gasteiger partial charge in [-0.2, -0.15) is 0 Å². The van der Waals surface area contributed by atoms with Gasteiger partial charge in [0.15, 0.2) is 0 Å². The van der Waals surface area contributed by atoms with Gasteiger partial charge in [0.2, 0.25) is 18.2 Å². The van der Waals surface area contributed by atoms with Crippen LogP contribution in [-0.4, -0.2) is 18.2 Å². The van der Waals surface area contributed by atoms with Gasteiger partial charge in [-0.3, -0.25) is 0 Å². The largest absolute Gasteiger partial charge is 0.231 e. The smallest absolute Gasteiger partial charge is 0.222 e. The zero-order valence-electron chi connectivity index (χ0n) is 11.0. The van der Waals surface area contributed by atoms with Gasteiger partial charge in [-0.05, 0) is 11.8 Å². The Labute approximate surface area is 113 Å². The monoisotopic (exact) mass is 267 g/mol. The highest BCUT2D eigenvalue weighted by atomic mass is 16.1. The zero-order chi connectivity index (χ0) is 14.9. The fraction of sp³-hybridized carbons (Fsp3) is 0.769. The van der Waals surface area contributed by atoms with Crippen LogP contribution in [0.3, 0.4) is 0 Å². The van der Waals surface area contributed by atoms with Gasteiger partial charge in [-0.25, -0.2) is 30.6 Å². The van der Waals surface area contributed by atoms with Crippen LogP contribution in [0.4, 0.5) is 0 Å². The fourth-order valence-corrected chi connectivity index (χ4v) is 2.86. The molecule has 3 N–H and O–H groups in total. The Morgan fingerprint density at radius 1 is 0.579 bits per heavy atom. The molecule has 2 aliphatic carbocycles. The molecule has 6 heteroatoms. The van der Waals surface area contributed by atoms with Crippen LogP contribution in [0.1, 0.15) is 51.4 Å². The second kappa shape index (κ2) is 16.1. The number of carbonyl (C=O) groups excluding carboxylic acids is 3. The highest BCUT2D eigenvalue weighted by Crippen LogP contribution is 2.39. The lowest BCUT2D eigenvalue weighted by atomic mass is 9.90. The predicted molar refractivity (Wildman–Crippen MR) is 69.2 cm³/mol. The number of hydrogen-bond acceptors (Lipinski definition) is 6. The third kappa shape index (κ3) is 12.4. The van der Waals surface area contributed by atoms with E-state index in [0.29, 0.717) is 0 Å². The Balaban J connectivity index is 0. The summed E-state index contributed by atoms with van der Waals surface area (Å²) < 4.78 is 0. The highest BCUT2D eigenvalue weighted by Gasteiger charge is 2.26. The van der Waals surface area contributed by atoms with Crippen LogP contribution in [0.25, 0.3) is 0 Å². The lowest BCUT2D eigenvalue weighted by Gasteiger charge is -2.16. The van der Waals surface area contributed by atoms with E-state index < -0.39 is 0 Å². The molecule has 2 rings (SSSR count). The topological polar surface area (TPSA) is 123 Å². The van der Waals surface area contributed by atoms with Crippen LogP contribution < -0.4 is 0 Å². The van der Waals surface area contributed by atoms with E-state index in [2.05, 4.69) is 0 Å². The Morgan fingerprint density at radius 3 is 0.895 bits per heavy atom. The second-order valence-electron chi connectivity index (χ2n) is 4.40. The molecule has 0 bridgehead atoms. The molecule has 2 saturated carbocycles. The van der Waals surface area contributed by atoms with Crippen molar-refractivity contribution in [2.45, 2.75) is 51.4 Å². The van der Waals surface area contributed by atoms with Crippen molar-refractivity contribution >= 4 is 18.2 Å². The number of hydrogen-bond donors (Lipinski definition) is 3. The molecule has 0 aromatic carbocycles. The van der Waals surface area contributed by atoms with Crippen LogP contribution in [-0.2, 0) is 14.4 Å². The molecule has 106 valence electrons. The first-order valence-corrected chi connectivity index (χ1v) is 6.33. The zero-order valence-corrected chi connectivity index (χ0v) is 11.0. The predicted octanol–water partition coefficient (Wildman–Crippen LogP) is 3.07. The van der Waals surface area contributed by atoms with E-state index in [0.717, 1.165) is 30.1 Å². The van der Waals surface area contributed by atoms with Gasteiger partial charge in [0.25, 0.3) is 0 Å². The maximum atomic E-state index is 8.35. The fourth-order valence-electron chi connectivity index (χ4n) is 2.86. The first-order chi connectivity index (χ1) is 9.21. The van der Waals surface area contributed by atoms with Gasteiger partial charge < -0.3 is 0 Å². The first-order valence-electron chi connectivity index (χ1n) is 6.33. The standard InChI is InChI=1S/C10H18.3CHNO/c1-2-6-9(5-1)10-7-3-4-8-10;3*2-1-3/h9-10H,1-8H2;3*2H. The molecule has 0 aliphatic heterocycles. The summed E-state index contributed by atoms with van der Waals surface area (Å²) in [5.41, 5.74) is 0. The summed E-state index contributed by atoms with van der Waals surface area (Å²) >= 11 is 0. The molecule has 0 aromatic rings. The minimum Gasteiger partial charge on any atom is -0.222 e. The average molecular weight is 267 g/mol. The number of rotatable bonds is 1. The van der Waals surface area contributed by atoms with Crippen molar-refractivity contribution in [2.75, 3.05) is 0 Å². The Morgan fingerprint density at radius 2 is 0.737 bits per heavy atom. The minimum absolute atomic E-state index is 0.750. The van der Waals surface area contributed by atoms with E-state index in [1.54, 1.807) is 25.7 Å². The van der Waals surface area contributed by atoms with Crippen molar-refractivity contribution in [1.82, 2.24) is 0 Å². The highest BCUT2D eigenvalue weighted by molar-refractivity contribution is 5.26. The maximum absolute atomic E-state index is 8.35. The van der Waals surface area contributed by atoms with Crippen LogP contribution in [0.5, 0.6) is 0 Å². The SMILES string of the molecule is C1CCC(C2CCCC2)C1.N=C=O.N=C=O.N=C=O. The molecule has 2 fully saturated rings. The molecule has 0 unspecified atom stereocenters. The Kier molecular flexibility index (Phi) is 16.5. The van der Waals surface area contributed by atoms with Crippen molar-refractivity contribution < 1.29 is 14.4 Å². The maximum Gasteiger partial charge on any atom is 0.231 e. The van der Waals surface area contributed by atoms with Crippen LogP contribution in [0.15, 0.2) is 0 Å². The van der Waals surface area contributed by atoms with E-state index in [-0.39, 0.29) is 0 Å². The molecule has 0 saturated heterocycles. The van der Waals surface area contributed by atoms with E-state index in [4.69, 9.17) is 30.6 Å². The minimum atomic E-state index is 0.750. The number of nitrogens with one attached hydrogen (secondary N) is 3. The molecule has 0 aromatic heterocycles. The van der Waals surface area contributed by atoms with Gasteiger partial charge in [0.05, 0.1) is 0 Å². The third-order valence-electron chi connectivity index (χ3n) is 3.47. The van der Waals surface area contributed by atoms with Crippen molar-refractivity contribution in [3.63, 3.8) is 0 Å². The summed E-state index contributed by atoms with van der Waals surface area (Å²) in [5.74, 6) is 2.31. The molecule has 0 atom stereocenters. The molecule has 0 amide bonds. The molecule has 2 aliphatic rings. The van der Waals surface area contributed by atoms with Gasteiger partial charge in [0.1, 0.15) is 0 Å². The first kappa shape index (κ1) is 19.5. The number of isocyanates is 3. The summed E-state index contributed by atoms with van der Waals surface area (Å²) in [5, 5.41) is 16.2. The van der Waals surface area contributed by atoms with Gasteiger partial charge in [-0.15, -0.1) is 0 Å². The van der Waals surface area contributed by atoms with Gasteiger partial charge >= 0.3 is 0 Å². The van der Waals surface area contributed by atoms with Gasteiger partial charge in [-0.1, -0.05) is 51.4 Å². The van der Waals surface area contributed by atoms with E-state index in [1.165, 1.54) is 25.7 Å². The van der Waals surface area contributed by atoms with Crippen molar-refractivity contribution in [2.24, 2.45) is 11.8 Å². The second-order valence-corrected chi connectivity index (χ2v) is 4.40. The van der Waals surface area contributed by atoms with E-state index in [9.17, 15) is 0 Å². The van der Waals surface area contributed by atoms with E-state index >= 15 is 0 Å². The van der Waals surface area contributed by atoms with Crippen LogP contribution in [0, 0.1) is 28.1 Å². The lowest BCUT2D eigenvalue weighted by molar-refractivity contribution is 0.347. The van der Waals surface area contributed by atoms with Crippen molar-refractivity contribution in [1.29, 1.82) is 16.2 Å². The Bertz CT molecular complexity index is 259. The molecular formula is C13H21N3O3. The van der Waals surface area contributed by atoms with Crippen LogP contribution >= 0.6 is 0 Å². The van der Waals surface area contributed by atoms with Gasteiger partial charge in [0, 0.05) is 0 Å². The summed E-state index contributed by atoms with van der Waals surface area (Å²) in [6, 6.07) is 0. The molecule has 0 heterocycles. The van der Waals surface area contributed by atoms with Crippen molar-refractivity contribution in [3.05, 3.63) is 0 Å². The average Bonchev–Trinajstić information content (AvgIpc) is 3.05. The van der Waals surface area contributed by atoms with Crippen molar-refractivity contribution in [3.8, 4) is 0 Å². The summed E-state index contributed by atoms with van der Waals surface area (Å²) in [6.07, 6.45) is 14.6. The molecular weight excluding hydrogens is 246 g/mol. The Hall–Kier alpha value is -1.86. The summed E-state index contributed by atoms with van der Waals surface area (Å²) in [6.45, 7) is 0. The van der Waals surface area contributed by atoms with E-state index in [1.807, 2.05) is 0 Å². The summed E-state index contributed by atoms with van der Waals surface area (Å²) in [7, 11) is 0. The summed E-state index contributed by atoms with van der Waals surface area (Å²) in [4.78, 5) is 25.0. The quantitative estimate of drug-likeness (QED) is 0.499. The van der Waals surface area contributed by atoms with Crippen LogP contribution in [0.2, 0.25) is 0 Å². The third-order valence-corrected chi connectivity index (χ3v) is 3.47. The molecule has 0 radical (unpaired) electrons. The normalized spacial score (nSPS) is 17.1. The molecule has 0 spiro atoms. The lowest BCUT2D eigenvalue weighted by Crippen LogP contribution is -2.06. The molecule has 6 nitrogen and oxygen atoms in total. The molecule has 19 heavy (non-hydrogen) atoms.